The Hall–Kier alpha value is -1.26. The van der Waals surface area contributed by atoms with Crippen LogP contribution >= 0.6 is 23.2 Å². The van der Waals surface area contributed by atoms with E-state index in [0.717, 1.165) is 0 Å². The fraction of sp³-hybridized carbons (Fsp3) is 0.333. The molecular weight excluding hydrogens is 277 g/mol. The maximum absolute atomic E-state index is 11.8. The van der Waals surface area contributed by atoms with Gasteiger partial charge in [0.05, 0.1) is 21.5 Å². The van der Waals surface area contributed by atoms with Gasteiger partial charge in [0.1, 0.15) is 0 Å². The van der Waals surface area contributed by atoms with Crippen molar-refractivity contribution in [1.29, 1.82) is 0 Å². The molecule has 0 fully saturated rings. The molecule has 1 amide bonds. The molecule has 0 aliphatic carbocycles. The van der Waals surface area contributed by atoms with Gasteiger partial charge in [-0.1, -0.05) is 36.2 Å². The van der Waals surface area contributed by atoms with Crippen LogP contribution in [0.4, 0.5) is 0 Å². The van der Waals surface area contributed by atoms with E-state index in [-0.39, 0.29) is 23.0 Å². The monoisotopic (exact) mass is 289 g/mol. The molecule has 0 saturated heterocycles. The predicted molar refractivity (Wildman–Crippen MR) is 70.2 cm³/mol. The van der Waals surface area contributed by atoms with Crippen molar-refractivity contribution in [2.75, 3.05) is 6.54 Å². The molecule has 2 N–H and O–H groups in total. The number of hydrogen-bond acceptors (Lipinski definition) is 2. The van der Waals surface area contributed by atoms with Crippen molar-refractivity contribution in [3.63, 3.8) is 0 Å². The molecule has 18 heavy (non-hydrogen) atoms. The summed E-state index contributed by atoms with van der Waals surface area (Å²) < 4.78 is 0. The first-order valence-corrected chi connectivity index (χ1v) is 6.14. The largest absolute Gasteiger partial charge is 0.481 e. The topological polar surface area (TPSA) is 66.4 Å². The third-order valence-electron chi connectivity index (χ3n) is 2.48. The minimum Gasteiger partial charge on any atom is -0.481 e. The van der Waals surface area contributed by atoms with Gasteiger partial charge in [-0.15, -0.1) is 0 Å². The van der Waals surface area contributed by atoms with Crippen LogP contribution in [0.2, 0.25) is 10.0 Å². The first-order chi connectivity index (χ1) is 8.43. The van der Waals surface area contributed by atoms with E-state index in [9.17, 15) is 9.59 Å². The maximum Gasteiger partial charge on any atom is 0.306 e. The molecule has 98 valence electrons. The quantitative estimate of drug-likeness (QED) is 0.876. The van der Waals surface area contributed by atoms with Crippen molar-refractivity contribution in [2.24, 2.45) is 5.92 Å². The second-order valence-corrected chi connectivity index (χ2v) is 4.67. The zero-order chi connectivity index (χ0) is 13.7. The molecule has 0 radical (unpaired) electrons. The van der Waals surface area contributed by atoms with Crippen molar-refractivity contribution in [2.45, 2.75) is 13.3 Å². The van der Waals surface area contributed by atoms with Crippen LogP contribution in [0.15, 0.2) is 18.2 Å². The minimum atomic E-state index is -0.884. The highest BCUT2D eigenvalue weighted by atomic mass is 35.5. The average Bonchev–Trinajstić information content (AvgIpc) is 2.32. The summed E-state index contributed by atoms with van der Waals surface area (Å²) in [5, 5.41) is 11.8. The summed E-state index contributed by atoms with van der Waals surface area (Å²) in [6.07, 6.45) is 0.360. The van der Waals surface area contributed by atoms with Crippen molar-refractivity contribution < 1.29 is 14.7 Å². The second kappa shape index (κ2) is 6.61. The summed E-state index contributed by atoms with van der Waals surface area (Å²) in [4.78, 5) is 22.4. The van der Waals surface area contributed by atoms with E-state index in [1.54, 1.807) is 25.1 Å². The Kier molecular flexibility index (Phi) is 5.44. The van der Waals surface area contributed by atoms with Crippen LogP contribution in [0.3, 0.4) is 0 Å². The van der Waals surface area contributed by atoms with Gasteiger partial charge in [-0.25, -0.2) is 0 Å². The Bertz CT molecular complexity index is 463. The van der Waals surface area contributed by atoms with E-state index in [1.165, 1.54) is 0 Å². The van der Waals surface area contributed by atoms with Crippen LogP contribution in [-0.4, -0.2) is 23.5 Å². The molecule has 0 bridgehead atoms. The molecule has 0 aliphatic heterocycles. The van der Waals surface area contributed by atoms with Crippen LogP contribution < -0.4 is 5.32 Å². The lowest BCUT2D eigenvalue weighted by molar-refractivity contribution is -0.141. The number of amides is 1. The Morgan fingerprint density at radius 1 is 1.39 bits per heavy atom. The number of halogens is 2. The number of benzene rings is 1. The average molecular weight is 290 g/mol. The van der Waals surface area contributed by atoms with Crippen LogP contribution in [0.25, 0.3) is 0 Å². The zero-order valence-electron chi connectivity index (χ0n) is 9.74. The Balaban J connectivity index is 2.56. The fourth-order valence-corrected chi connectivity index (χ4v) is 1.69. The molecule has 0 saturated carbocycles. The van der Waals surface area contributed by atoms with E-state index >= 15 is 0 Å². The SMILES string of the molecule is CC(CCNC(=O)c1cccc(Cl)c1Cl)C(=O)O. The van der Waals surface area contributed by atoms with Crippen LogP contribution in [0.1, 0.15) is 23.7 Å². The third-order valence-corrected chi connectivity index (χ3v) is 3.30. The van der Waals surface area contributed by atoms with Gasteiger partial charge in [-0.2, -0.15) is 0 Å². The highest BCUT2D eigenvalue weighted by molar-refractivity contribution is 6.43. The highest BCUT2D eigenvalue weighted by Gasteiger charge is 2.14. The fourth-order valence-electron chi connectivity index (χ4n) is 1.30. The first-order valence-electron chi connectivity index (χ1n) is 5.38. The van der Waals surface area contributed by atoms with E-state index in [0.29, 0.717) is 11.4 Å². The lowest BCUT2D eigenvalue weighted by Crippen LogP contribution is -2.27. The summed E-state index contributed by atoms with van der Waals surface area (Å²) in [5.74, 6) is -1.75. The molecule has 6 heteroatoms. The molecule has 0 heterocycles. The summed E-state index contributed by atoms with van der Waals surface area (Å²) in [6.45, 7) is 1.86. The van der Waals surface area contributed by atoms with Gasteiger partial charge in [0.15, 0.2) is 0 Å². The van der Waals surface area contributed by atoms with Crippen LogP contribution in [0, 0.1) is 5.92 Å². The van der Waals surface area contributed by atoms with E-state index in [1.807, 2.05) is 0 Å². The Morgan fingerprint density at radius 2 is 2.06 bits per heavy atom. The number of nitrogens with one attached hydrogen (secondary N) is 1. The molecule has 1 aromatic rings. The van der Waals surface area contributed by atoms with Crippen molar-refractivity contribution in [1.82, 2.24) is 5.32 Å². The molecule has 0 aromatic heterocycles. The molecule has 1 aromatic carbocycles. The van der Waals surface area contributed by atoms with E-state index < -0.39 is 11.9 Å². The van der Waals surface area contributed by atoms with Gasteiger partial charge in [0.2, 0.25) is 0 Å². The third kappa shape index (κ3) is 3.89. The number of carboxylic acid groups (broad SMARTS) is 1. The summed E-state index contributed by atoms with van der Waals surface area (Å²) >= 11 is 11.7. The lowest BCUT2D eigenvalue weighted by atomic mass is 10.1. The van der Waals surface area contributed by atoms with Crippen molar-refractivity contribution in [3.05, 3.63) is 33.8 Å². The molecule has 1 unspecified atom stereocenters. The lowest BCUT2D eigenvalue weighted by Gasteiger charge is -2.09. The van der Waals surface area contributed by atoms with Crippen molar-refractivity contribution in [3.8, 4) is 0 Å². The van der Waals surface area contributed by atoms with Crippen molar-refractivity contribution >= 4 is 35.1 Å². The zero-order valence-corrected chi connectivity index (χ0v) is 11.3. The maximum atomic E-state index is 11.8. The predicted octanol–water partition coefficient (Wildman–Crippen LogP) is 2.83. The number of hydrogen-bond donors (Lipinski definition) is 2. The molecular formula is C12H13Cl2NO3. The minimum absolute atomic E-state index is 0.197. The molecule has 4 nitrogen and oxygen atoms in total. The number of carbonyl (C=O) groups excluding carboxylic acids is 1. The first kappa shape index (κ1) is 14.8. The van der Waals surface area contributed by atoms with Crippen LogP contribution in [-0.2, 0) is 4.79 Å². The van der Waals surface area contributed by atoms with E-state index in [2.05, 4.69) is 5.32 Å². The van der Waals surface area contributed by atoms with Gasteiger partial charge < -0.3 is 10.4 Å². The van der Waals surface area contributed by atoms with E-state index in [4.69, 9.17) is 28.3 Å². The normalized spacial score (nSPS) is 11.9. The Morgan fingerprint density at radius 3 is 2.67 bits per heavy atom. The standard InChI is InChI=1S/C12H13Cl2NO3/c1-7(12(17)18)5-6-15-11(16)8-3-2-4-9(13)10(8)14/h2-4,7H,5-6H2,1H3,(H,15,16)(H,17,18). The summed E-state index contributed by atoms with van der Waals surface area (Å²) in [5.41, 5.74) is 0.284. The van der Waals surface area contributed by atoms with Crippen LogP contribution in [0.5, 0.6) is 0 Å². The molecule has 1 rings (SSSR count). The number of carboxylic acids is 1. The Labute approximate surface area is 115 Å². The smallest absolute Gasteiger partial charge is 0.306 e. The van der Waals surface area contributed by atoms with Gasteiger partial charge >= 0.3 is 5.97 Å². The van der Waals surface area contributed by atoms with Gasteiger partial charge in [-0.3, -0.25) is 9.59 Å². The molecule has 1 atom stereocenters. The van der Waals surface area contributed by atoms with Gasteiger partial charge in [0, 0.05) is 6.54 Å². The second-order valence-electron chi connectivity index (χ2n) is 3.89. The highest BCUT2D eigenvalue weighted by Crippen LogP contribution is 2.25. The van der Waals surface area contributed by atoms with Gasteiger partial charge in [0.25, 0.3) is 5.91 Å². The molecule has 0 spiro atoms. The van der Waals surface area contributed by atoms with Gasteiger partial charge in [-0.05, 0) is 18.6 Å². The number of rotatable bonds is 5. The molecule has 0 aliphatic rings. The number of aliphatic carboxylic acids is 1. The summed E-state index contributed by atoms with van der Waals surface area (Å²) in [6, 6.07) is 4.78. The number of carbonyl (C=O) groups is 2. The summed E-state index contributed by atoms with van der Waals surface area (Å²) in [7, 11) is 0.